The predicted octanol–water partition coefficient (Wildman–Crippen LogP) is 2.53. The van der Waals surface area contributed by atoms with Crippen molar-refractivity contribution in [2.75, 3.05) is 12.4 Å². The Kier molecular flexibility index (Phi) is 4.85. The number of fused-ring (bicyclic) bond motifs is 1. The van der Waals surface area contributed by atoms with E-state index in [1.165, 1.54) is 0 Å². The lowest BCUT2D eigenvalue weighted by Gasteiger charge is -2.13. The van der Waals surface area contributed by atoms with Gasteiger partial charge in [0.15, 0.2) is 9.84 Å². The first kappa shape index (κ1) is 15.8. The van der Waals surface area contributed by atoms with Gasteiger partial charge in [-0.3, -0.25) is 0 Å². The second-order valence-corrected chi connectivity index (χ2v) is 7.86. The molecule has 114 valence electrons. The highest BCUT2D eigenvalue weighted by Gasteiger charge is 2.16. The highest BCUT2D eigenvalue weighted by atomic mass is 32.2. The van der Waals surface area contributed by atoms with Crippen molar-refractivity contribution in [3.05, 3.63) is 42.0 Å². The Morgan fingerprint density at radius 3 is 2.52 bits per heavy atom. The van der Waals surface area contributed by atoms with Crippen LogP contribution >= 0.6 is 0 Å². The van der Waals surface area contributed by atoms with Crippen LogP contribution in [-0.4, -0.2) is 31.1 Å². The normalized spacial score (nSPS) is 12.0. The third kappa shape index (κ3) is 3.54. The molecule has 2 aromatic rings. The standard InChI is InChI=1S/C16H20O4S/c1-12(2)21(18,19)10-9-20-16-8-7-13-5-3-4-6-14(13)15(16)11-17/h3-8,12,17H,9-11H2,1-2H3. The van der Waals surface area contributed by atoms with Gasteiger partial charge >= 0.3 is 0 Å². The van der Waals surface area contributed by atoms with E-state index in [1.807, 2.05) is 30.3 Å². The molecule has 0 aliphatic rings. The van der Waals surface area contributed by atoms with Crippen molar-refractivity contribution < 1.29 is 18.3 Å². The number of aliphatic hydroxyl groups is 1. The Bertz CT molecular complexity index is 720. The van der Waals surface area contributed by atoms with Crippen molar-refractivity contribution in [2.45, 2.75) is 25.7 Å². The average Bonchev–Trinajstić information content (AvgIpc) is 2.46. The fourth-order valence-corrected chi connectivity index (χ4v) is 2.90. The van der Waals surface area contributed by atoms with E-state index in [0.717, 1.165) is 10.8 Å². The van der Waals surface area contributed by atoms with Crippen LogP contribution in [0.3, 0.4) is 0 Å². The van der Waals surface area contributed by atoms with E-state index in [4.69, 9.17) is 4.74 Å². The maximum absolute atomic E-state index is 11.8. The molecule has 0 amide bonds. The molecule has 4 nitrogen and oxygen atoms in total. The van der Waals surface area contributed by atoms with Crippen LogP contribution in [0.4, 0.5) is 0 Å². The second kappa shape index (κ2) is 6.45. The van der Waals surface area contributed by atoms with E-state index in [-0.39, 0.29) is 19.0 Å². The Morgan fingerprint density at radius 2 is 1.86 bits per heavy atom. The van der Waals surface area contributed by atoms with Crippen LogP contribution in [0.25, 0.3) is 10.8 Å². The summed E-state index contributed by atoms with van der Waals surface area (Å²) in [6, 6.07) is 11.4. The predicted molar refractivity (Wildman–Crippen MR) is 84.3 cm³/mol. The lowest BCUT2D eigenvalue weighted by atomic mass is 10.0. The molecule has 0 aliphatic heterocycles. The fraction of sp³-hybridized carbons (Fsp3) is 0.375. The van der Waals surface area contributed by atoms with Crippen molar-refractivity contribution in [1.29, 1.82) is 0 Å². The summed E-state index contributed by atoms with van der Waals surface area (Å²) in [5, 5.41) is 11.1. The first-order valence-corrected chi connectivity index (χ1v) is 8.63. The molecule has 0 heterocycles. The van der Waals surface area contributed by atoms with Gasteiger partial charge in [0.1, 0.15) is 12.4 Å². The maximum atomic E-state index is 11.8. The Hall–Kier alpha value is -1.59. The van der Waals surface area contributed by atoms with Gasteiger partial charge in [-0.25, -0.2) is 8.42 Å². The highest BCUT2D eigenvalue weighted by molar-refractivity contribution is 7.91. The number of sulfone groups is 1. The molecule has 1 N–H and O–H groups in total. The third-order valence-electron chi connectivity index (χ3n) is 3.50. The van der Waals surface area contributed by atoms with Gasteiger partial charge in [-0.05, 0) is 30.7 Å². The minimum Gasteiger partial charge on any atom is -0.492 e. The smallest absolute Gasteiger partial charge is 0.155 e. The quantitative estimate of drug-likeness (QED) is 0.890. The van der Waals surface area contributed by atoms with Crippen molar-refractivity contribution in [3.63, 3.8) is 0 Å². The second-order valence-electron chi connectivity index (χ2n) is 5.19. The first-order chi connectivity index (χ1) is 9.95. The van der Waals surface area contributed by atoms with Crippen LogP contribution in [0.5, 0.6) is 5.75 Å². The number of aliphatic hydroxyl groups excluding tert-OH is 1. The van der Waals surface area contributed by atoms with Crippen LogP contribution in [0.1, 0.15) is 19.4 Å². The zero-order valence-corrected chi connectivity index (χ0v) is 13.1. The van der Waals surface area contributed by atoms with Gasteiger partial charge in [0.05, 0.1) is 17.6 Å². The first-order valence-electron chi connectivity index (χ1n) is 6.91. The van der Waals surface area contributed by atoms with E-state index in [9.17, 15) is 13.5 Å². The SMILES string of the molecule is CC(C)S(=O)(=O)CCOc1ccc2ccccc2c1CO. The number of hydrogen-bond acceptors (Lipinski definition) is 4. The summed E-state index contributed by atoms with van der Waals surface area (Å²) in [6.45, 7) is 3.26. The summed E-state index contributed by atoms with van der Waals surface area (Å²) in [5.41, 5.74) is 0.690. The highest BCUT2D eigenvalue weighted by Crippen LogP contribution is 2.28. The lowest BCUT2D eigenvalue weighted by molar-refractivity contribution is 0.269. The molecule has 0 atom stereocenters. The number of ether oxygens (including phenoxy) is 1. The molecule has 0 spiro atoms. The van der Waals surface area contributed by atoms with Crippen LogP contribution in [-0.2, 0) is 16.4 Å². The molecule has 5 heteroatoms. The number of benzene rings is 2. The van der Waals surface area contributed by atoms with Gasteiger partial charge in [0, 0.05) is 5.56 Å². The van der Waals surface area contributed by atoms with Gasteiger partial charge in [-0.15, -0.1) is 0 Å². The molecule has 0 radical (unpaired) electrons. The minimum atomic E-state index is -3.12. The summed E-state index contributed by atoms with van der Waals surface area (Å²) in [5.74, 6) is 0.512. The Labute approximate surface area is 125 Å². The van der Waals surface area contributed by atoms with Crippen molar-refractivity contribution in [1.82, 2.24) is 0 Å². The summed E-state index contributed by atoms with van der Waals surface area (Å²) in [4.78, 5) is 0. The molecule has 0 bridgehead atoms. The van der Waals surface area contributed by atoms with Crippen LogP contribution in [0.2, 0.25) is 0 Å². The summed E-state index contributed by atoms with van der Waals surface area (Å²) >= 11 is 0. The van der Waals surface area contributed by atoms with E-state index in [2.05, 4.69) is 0 Å². The molecule has 0 saturated carbocycles. The Morgan fingerprint density at radius 1 is 1.14 bits per heavy atom. The molecule has 2 rings (SSSR count). The zero-order chi connectivity index (χ0) is 15.5. The zero-order valence-electron chi connectivity index (χ0n) is 12.2. The molecule has 21 heavy (non-hydrogen) atoms. The van der Waals surface area contributed by atoms with Crippen LogP contribution in [0.15, 0.2) is 36.4 Å². The van der Waals surface area contributed by atoms with Crippen molar-refractivity contribution >= 4 is 20.6 Å². The van der Waals surface area contributed by atoms with Crippen molar-refractivity contribution in [3.8, 4) is 5.75 Å². The van der Waals surface area contributed by atoms with E-state index in [0.29, 0.717) is 11.3 Å². The van der Waals surface area contributed by atoms with Gasteiger partial charge < -0.3 is 9.84 Å². The van der Waals surface area contributed by atoms with E-state index >= 15 is 0 Å². The molecule has 2 aromatic carbocycles. The van der Waals surface area contributed by atoms with Crippen LogP contribution in [0, 0.1) is 0 Å². The summed E-state index contributed by atoms with van der Waals surface area (Å²) < 4.78 is 29.1. The lowest BCUT2D eigenvalue weighted by Crippen LogP contribution is -2.22. The number of rotatable bonds is 6. The van der Waals surface area contributed by atoms with E-state index < -0.39 is 15.1 Å². The minimum absolute atomic E-state index is 0.0254. The number of hydrogen-bond donors (Lipinski definition) is 1. The molecular formula is C16H20O4S. The van der Waals surface area contributed by atoms with Gasteiger partial charge in [0.25, 0.3) is 0 Å². The van der Waals surface area contributed by atoms with Gasteiger partial charge in [-0.2, -0.15) is 0 Å². The Balaban J connectivity index is 2.19. The summed E-state index contributed by atoms with van der Waals surface area (Å²) in [7, 11) is -3.12. The molecular weight excluding hydrogens is 288 g/mol. The topological polar surface area (TPSA) is 63.6 Å². The summed E-state index contributed by atoms with van der Waals surface area (Å²) in [6.07, 6.45) is 0. The molecule has 0 fully saturated rings. The third-order valence-corrected chi connectivity index (χ3v) is 5.67. The van der Waals surface area contributed by atoms with Gasteiger partial charge in [0.2, 0.25) is 0 Å². The molecule has 0 unspecified atom stereocenters. The van der Waals surface area contributed by atoms with Crippen LogP contribution < -0.4 is 4.74 Å². The van der Waals surface area contributed by atoms with E-state index in [1.54, 1.807) is 19.9 Å². The molecule has 0 aliphatic carbocycles. The monoisotopic (exact) mass is 308 g/mol. The van der Waals surface area contributed by atoms with Crippen molar-refractivity contribution in [2.24, 2.45) is 0 Å². The molecule has 0 saturated heterocycles. The largest absolute Gasteiger partial charge is 0.492 e. The van der Waals surface area contributed by atoms with Gasteiger partial charge in [-0.1, -0.05) is 30.3 Å². The fourth-order valence-electron chi connectivity index (χ4n) is 2.12. The molecule has 0 aromatic heterocycles. The average molecular weight is 308 g/mol. The maximum Gasteiger partial charge on any atom is 0.155 e.